The molecule has 2 aromatic heterocycles. The molecular formula is C21H25N3O2S2. The second kappa shape index (κ2) is 9.39. The first-order valence-electron chi connectivity index (χ1n) is 9.23. The third-order valence-corrected chi connectivity index (χ3v) is 5.95. The van der Waals surface area contributed by atoms with E-state index in [1.807, 2.05) is 36.5 Å². The summed E-state index contributed by atoms with van der Waals surface area (Å²) in [7, 11) is 0. The van der Waals surface area contributed by atoms with Crippen LogP contribution in [0.4, 0.5) is 5.13 Å². The lowest BCUT2D eigenvalue weighted by atomic mass is 9.91. The number of aryl methyl sites for hydroxylation is 1. The minimum absolute atomic E-state index is 0.0192. The van der Waals surface area contributed by atoms with Crippen LogP contribution in [0.3, 0.4) is 0 Å². The zero-order chi connectivity index (χ0) is 20.0. The lowest BCUT2D eigenvalue weighted by Crippen LogP contribution is -2.11. The Morgan fingerprint density at radius 3 is 2.71 bits per heavy atom. The summed E-state index contributed by atoms with van der Waals surface area (Å²) in [5, 5.41) is 3.50. The van der Waals surface area contributed by atoms with E-state index in [0.29, 0.717) is 23.2 Å². The quantitative estimate of drug-likeness (QED) is 0.486. The molecule has 0 saturated heterocycles. The van der Waals surface area contributed by atoms with E-state index in [4.69, 9.17) is 4.42 Å². The zero-order valence-corrected chi connectivity index (χ0v) is 18.0. The van der Waals surface area contributed by atoms with E-state index in [1.54, 1.807) is 18.0 Å². The predicted molar refractivity (Wildman–Crippen MR) is 115 cm³/mol. The summed E-state index contributed by atoms with van der Waals surface area (Å²) < 4.78 is 6.83. The third kappa shape index (κ3) is 6.80. The van der Waals surface area contributed by atoms with Crippen molar-refractivity contribution in [2.24, 2.45) is 5.41 Å². The van der Waals surface area contributed by atoms with Gasteiger partial charge in [0.15, 0.2) is 5.13 Å². The smallest absolute Gasteiger partial charge is 0.226 e. The Hall–Kier alpha value is -2.12. The zero-order valence-electron chi connectivity index (χ0n) is 16.4. The molecule has 0 aliphatic carbocycles. The molecule has 1 N–H and O–H groups in total. The number of oxazole rings is 1. The van der Waals surface area contributed by atoms with Crippen LogP contribution in [0, 0.1) is 5.41 Å². The van der Waals surface area contributed by atoms with Gasteiger partial charge in [0.1, 0.15) is 5.76 Å². The predicted octanol–water partition coefficient (Wildman–Crippen LogP) is 5.58. The molecule has 0 atom stereocenters. The number of aromatic nitrogens is 2. The monoisotopic (exact) mass is 415 g/mol. The number of hydrogen-bond donors (Lipinski definition) is 1. The van der Waals surface area contributed by atoms with Crippen molar-refractivity contribution in [1.82, 2.24) is 9.97 Å². The number of benzene rings is 1. The topological polar surface area (TPSA) is 68.0 Å². The fourth-order valence-electron chi connectivity index (χ4n) is 2.62. The maximum atomic E-state index is 12.1. The van der Waals surface area contributed by atoms with E-state index >= 15 is 0 Å². The minimum Gasteiger partial charge on any atom is -0.445 e. The van der Waals surface area contributed by atoms with E-state index in [0.717, 1.165) is 28.4 Å². The van der Waals surface area contributed by atoms with Crippen LogP contribution in [-0.4, -0.2) is 15.9 Å². The summed E-state index contributed by atoms with van der Waals surface area (Å²) in [6.07, 6.45) is 5.62. The fraction of sp³-hybridized carbons (Fsp3) is 0.381. The lowest BCUT2D eigenvalue weighted by molar-refractivity contribution is -0.116. The first-order chi connectivity index (χ1) is 13.4. The number of amides is 1. The third-order valence-electron chi connectivity index (χ3n) is 3.86. The Labute approximate surface area is 174 Å². The average Bonchev–Trinajstić information content (AvgIpc) is 3.27. The summed E-state index contributed by atoms with van der Waals surface area (Å²) in [5.74, 6) is 2.26. The highest BCUT2D eigenvalue weighted by Crippen LogP contribution is 2.31. The Morgan fingerprint density at radius 2 is 1.96 bits per heavy atom. The molecule has 2 heterocycles. The van der Waals surface area contributed by atoms with Crippen LogP contribution >= 0.6 is 23.1 Å². The molecule has 3 aromatic rings. The van der Waals surface area contributed by atoms with Gasteiger partial charge in [0.2, 0.25) is 11.8 Å². The maximum absolute atomic E-state index is 12.1. The molecule has 0 aliphatic heterocycles. The SMILES string of the molecule is CC(C)(C)Cc1cnc(CSc2cnc(NC(=O)CCc3ccccc3)s2)o1. The summed E-state index contributed by atoms with van der Waals surface area (Å²) in [4.78, 5) is 20.8. The second-order valence-corrected chi connectivity index (χ2v) is 10.1. The van der Waals surface area contributed by atoms with Crippen molar-refractivity contribution in [1.29, 1.82) is 0 Å². The molecule has 7 heteroatoms. The number of thiazole rings is 1. The van der Waals surface area contributed by atoms with Crippen molar-refractivity contribution < 1.29 is 9.21 Å². The summed E-state index contributed by atoms with van der Waals surface area (Å²) in [6.45, 7) is 6.53. The van der Waals surface area contributed by atoms with Gasteiger partial charge < -0.3 is 9.73 Å². The van der Waals surface area contributed by atoms with Crippen molar-refractivity contribution in [3.63, 3.8) is 0 Å². The van der Waals surface area contributed by atoms with Crippen molar-refractivity contribution in [2.75, 3.05) is 5.32 Å². The normalized spacial score (nSPS) is 11.5. The molecule has 148 valence electrons. The van der Waals surface area contributed by atoms with Crippen molar-refractivity contribution in [2.45, 2.75) is 50.0 Å². The molecule has 1 aromatic carbocycles. The number of hydrogen-bond acceptors (Lipinski definition) is 6. The Kier molecular flexibility index (Phi) is 6.91. The molecule has 3 rings (SSSR count). The van der Waals surface area contributed by atoms with Gasteiger partial charge in [0, 0.05) is 12.8 Å². The largest absolute Gasteiger partial charge is 0.445 e. The highest BCUT2D eigenvalue weighted by molar-refractivity contribution is 8.00. The van der Waals surface area contributed by atoms with E-state index in [2.05, 4.69) is 36.1 Å². The molecular weight excluding hydrogens is 390 g/mol. The van der Waals surface area contributed by atoms with Gasteiger partial charge in [-0.15, -0.1) is 11.8 Å². The summed E-state index contributed by atoms with van der Waals surface area (Å²) in [5.41, 5.74) is 1.33. The number of nitrogens with zero attached hydrogens (tertiary/aromatic N) is 2. The molecule has 0 radical (unpaired) electrons. The van der Waals surface area contributed by atoms with Gasteiger partial charge >= 0.3 is 0 Å². The molecule has 0 fully saturated rings. The molecule has 0 aliphatic rings. The highest BCUT2D eigenvalue weighted by atomic mass is 32.2. The number of nitrogens with one attached hydrogen (secondary N) is 1. The number of carbonyl (C=O) groups excluding carboxylic acids is 1. The molecule has 28 heavy (non-hydrogen) atoms. The Morgan fingerprint density at radius 1 is 1.18 bits per heavy atom. The molecule has 1 amide bonds. The number of anilines is 1. The number of carbonyl (C=O) groups is 1. The lowest BCUT2D eigenvalue weighted by Gasteiger charge is -2.15. The molecule has 0 spiro atoms. The van der Waals surface area contributed by atoms with Crippen molar-refractivity contribution >= 4 is 34.1 Å². The first kappa shape index (κ1) is 20.6. The van der Waals surface area contributed by atoms with E-state index in [9.17, 15) is 4.79 Å². The van der Waals surface area contributed by atoms with E-state index in [-0.39, 0.29) is 11.3 Å². The van der Waals surface area contributed by atoms with E-state index in [1.165, 1.54) is 11.3 Å². The van der Waals surface area contributed by atoms with Crippen LogP contribution in [-0.2, 0) is 23.4 Å². The molecule has 0 bridgehead atoms. The summed E-state index contributed by atoms with van der Waals surface area (Å²) >= 11 is 3.08. The van der Waals surface area contributed by atoms with Crippen LogP contribution < -0.4 is 5.32 Å². The summed E-state index contributed by atoms with van der Waals surface area (Å²) in [6, 6.07) is 10.00. The van der Waals surface area contributed by atoms with Gasteiger partial charge in [-0.2, -0.15) is 0 Å². The van der Waals surface area contributed by atoms with Crippen molar-refractivity contribution in [3.05, 3.63) is 59.9 Å². The van der Waals surface area contributed by atoms with Crippen LogP contribution in [0.15, 0.2) is 51.4 Å². The molecule has 5 nitrogen and oxygen atoms in total. The Bertz CT molecular complexity index is 898. The van der Waals surface area contributed by atoms with E-state index < -0.39 is 0 Å². The van der Waals surface area contributed by atoms with Gasteiger partial charge in [0.05, 0.1) is 22.4 Å². The molecule has 0 unspecified atom stereocenters. The van der Waals surface area contributed by atoms with Gasteiger partial charge in [-0.05, 0) is 17.4 Å². The van der Waals surface area contributed by atoms with Crippen LogP contribution in [0.2, 0.25) is 0 Å². The Balaban J connectivity index is 1.44. The van der Waals surface area contributed by atoms with Gasteiger partial charge in [0.25, 0.3) is 0 Å². The first-order valence-corrected chi connectivity index (χ1v) is 11.0. The van der Waals surface area contributed by atoms with Crippen LogP contribution in [0.25, 0.3) is 0 Å². The average molecular weight is 416 g/mol. The maximum Gasteiger partial charge on any atom is 0.226 e. The highest BCUT2D eigenvalue weighted by Gasteiger charge is 2.15. The number of thioether (sulfide) groups is 1. The van der Waals surface area contributed by atoms with Crippen LogP contribution in [0.1, 0.15) is 44.4 Å². The molecule has 0 saturated carbocycles. The number of rotatable bonds is 8. The second-order valence-electron chi connectivity index (χ2n) is 7.76. The van der Waals surface area contributed by atoms with Crippen molar-refractivity contribution in [3.8, 4) is 0 Å². The fourth-order valence-corrected chi connectivity index (χ4v) is 4.36. The van der Waals surface area contributed by atoms with Gasteiger partial charge in [-0.1, -0.05) is 62.4 Å². The van der Waals surface area contributed by atoms with Gasteiger partial charge in [-0.3, -0.25) is 4.79 Å². The standard InChI is InChI=1S/C21H25N3O2S2/c1-21(2,3)11-16-12-22-18(26-16)14-27-19-13-23-20(28-19)24-17(25)10-9-15-7-5-4-6-8-15/h4-8,12-13H,9-11,14H2,1-3H3,(H,23,24,25). The van der Waals surface area contributed by atoms with Crippen LogP contribution in [0.5, 0.6) is 0 Å². The van der Waals surface area contributed by atoms with Gasteiger partial charge in [-0.25, -0.2) is 9.97 Å². The minimum atomic E-state index is -0.0192.